The number of hydrogen-bond donors (Lipinski definition) is 1. The van der Waals surface area contributed by atoms with Crippen LogP contribution in [0, 0.1) is 0 Å². The zero-order chi connectivity index (χ0) is 31.7. The van der Waals surface area contributed by atoms with Crippen molar-refractivity contribution in [2.75, 3.05) is 10.8 Å². The monoisotopic (exact) mass is 631 g/mol. The van der Waals surface area contributed by atoms with Crippen LogP contribution >= 0.6 is 11.6 Å². The number of nitrogens with zero attached hydrogens (tertiary/aromatic N) is 2. The van der Waals surface area contributed by atoms with Gasteiger partial charge in [-0.25, -0.2) is 8.42 Å². The lowest BCUT2D eigenvalue weighted by Gasteiger charge is -2.34. The quantitative estimate of drug-likeness (QED) is 0.189. The van der Waals surface area contributed by atoms with Gasteiger partial charge in [0, 0.05) is 24.0 Å². The van der Waals surface area contributed by atoms with E-state index < -0.39 is 28.5 Å². The maximum atomic E-state index is 14.4. The van der Waals surface area contributed by atoms with Crippen molar-refractivity contribution in [2.45, 2.75) is 57.1 Å². The summed E-state index contributed by atoms with van der Waals surface area (Å²) in [7, 11) is -4.14. The SMILES string of the molecule is CCc1ccc(N(CC(=O)N(Cc2cccc(Cl)c2)[C@@H](Cc2ccccc2)C(=O)NC(C)C)S(=O)(=O)c2ccccc2)cc1. The van der Waals surface area contributed by atoms with Crippen molar-refractivity contribution in [2.24, 2.45) is 0 Å². The van der Waals surface area contributed by atoms with Crippen molar-refractivity contribution >= 4 is 39.1 Å². The number of carbonyl (C=O) groups excluding carboxylic acids is 2. The molecular weight excluding hydrogens is 594 g/mol. The first-order valence-corrected chi connectivity index (χ1v) is 16.4. The van der Waals surface area contributed by atoms with Crippen LogP contribution in [0.2, 0.25) is 5.02 Å². The molecule has 0 fully saturated rings. The number of carbonyl (C=O) groups is 2. The summed E-state index contributed by atoms with van der Waals surface area (Å²) in [6.07, 6.45) is 1.02. The maximum Gasteiger partial charge on any atom is 0.264 e. The van der Waals surface area contributed by atoms with Crippen LogP contribution in [0.3, 0.4) is 0 Å². The Hall–Kier alpha value is -4.14. The summed E-state index contributed by atoms with van der Waals surface area (Å²) in [5.74, 6) is -0.854. The largest absolute Gasteiger partial charge is 0.352 e. The second kappa shape index (κ2) is 15.0. The van der Waals surface area contributed by atoms with Gasteiger partial charge in [-0.2, -0.15) is 0 Å². The van der Waals surface area contributed by atoms with Gasteiger partial charge in [0.15, 0.2) is 0 Å². The number of nitrogens with one attached hydrogen (secondary N) is 1. The molecular formula is C35H38ClN3O4S. The Morgan fingerprint density at radius 2 is 1.41 bits per heavy atom. The van der Waals surface area contributed by atoms with E-state index in [0.29, 0.717) is 16.3 Å². The van der Waals surface area contributed by atoms with E-state index in [1.807, 2.05) is 69.3 Å². The zero-order valence-electron chi connectivity index (χ0n) is 25.2. The molecule has 0 aliphatic heterocycles. The molecule has 1 N–H and O–H groups in total. The number of amides is 2. The smallest absolute Gasteiger partial charge is 0.264 e. The first-order valence-electron chi connectivity index (χ1n) is 14.6. The molecule has 9 heteroatoms. The third-order valence-electron chi connectivity index (χ3n) is 7.19. The van der Waals surface area contributed by atoms with Crippen molar-refractivity contribution in [1.82, 2.24) is 10.2 Å². The van der Waals surface area contributed by atoms with Crippen molar-refractivity contribution in [1.29, 1.82) is 0 Å². The van der Waals surface area contributed by atoms with Gasteiger partial charge in [-0.1, -0.05) is 91.3 Å². The predicted octanol–water partition coefficient (Wildman–Crippen LogP) is 6.26. The summed E-state index contributed by atoms with van der Waals surface area (Å²) in [6, 6.07) is 30.6. The van der Waals surface area contributed by atoms with Gasteiger partial charge >= 0.3 is 0 Å². The van der Waals surface area contributed by atoms with Gasteiger partial charge in [0.25, 0.3) is 10.0 Å². The van der Waals surface area contributed by atoms with E-state index in [0.717, 1.165) is 21.9 Å². The van der Waals surface area contributed by atoms with Crippen molar-refractivity contribution in [3.63, 3.8) is 0 Å². The van der Waals surface area contributed by atoms with E-state index in [2.05, 4.69) is 5.32 Å². The fourth-order valence-electron chi connectivity index (χ4n) is 4.91. The molecule has 4 aromatic rings. The van der Waals surface area contributed by atoms with Gasteiger partial charge in [-0.15, -0.1) is 0 Å². The van der Waals surface area contributed by atoms with Crippen LogP contribution in [0.5, 0.6) is 0 Å². The van der Waals surface area contributed by atoms with Crippen molar-refractivity contribution in [3.8, 4) is 0 Å². The summed E-state index contributed by atoms with van der Waals surface area (Å²) in [5.41, 5.74) is 2.97. The number of aryl methyl sites for hydroxylation is 1. The third-order valence-corrected chi connectivity index (χ3v) is 9.21. The van der Waals surface area contributed by atoms with Gasteiger partial charge in [-0.3, -0.25) is 13.9 Å². The Bertz CT molecular complexity index is 1650. The molecule has 0 aromatic heterocycles. The molecule has 0 radical (unpaired) electrons. The van der Waals surface area contributed by atoms with Crippen LogP contribution in [0.1, 0.15) is 37.5 Å². The topological polar surface area (TPSA) is 86.8 Å². The van der Waals surface area contributed by atoms with Crippen LogP contribution in [0.25, 0.3) is 0 Å². The average molecular weight is 632 g/mol. The Morgan fingerprint density at radius 3 is 2.00 bits per heavy atom. The van der Waals surface area contributed by atoms with Gasteiger partial charge in [0.05, 0.1) is 10.6 Å². The highest BCUT2D eigenvalue weighted by Gasteiger charge is 2.34. The lowest BCUT2D eigenvalue weighted by Crippen LogP contribution is -2.54. The normalized spacial score (nSPS) is 12.0. The highest BCUT2D eigenvalue weighted by molar-refractivity contribution is 7.92. The first-order chi connectivity index (χ1) is 21.1. The minimum Gasteiger partial charge on any atom is -0.352 e. The zero-order valence-corrected chi connectivity index (χ0v) is 26.8. The second-order valence-corrected chi connectivity index (χ2v) is 13.2. The highest BCUT2D eigenvalue weighted by Crippen LogP contribution is 2.26. The van der Waals surface area contributed by atoms with Gasteiger partial charge < -0.3 is 10.2 Å². The Kier molecular flexibility index (Phi) is 11.2. The molecule has 0 heterocycles. The van der Waals surface area contributed by atoms with Crippen LogP contribution in [0.15, 0.2) is 114 Å². The fourth-order valence-corrected chi connectivity index (χ4v) is 6.56. The number of sulfonamides is 1. The van der Waals surface area contributed by atoms with E-state index >= 15 is 0 Å². The summed E-state index contributed by atoms with van der Waals surface area (Å²) in [5, 5.41) is 3.45. The molecule has 0 aliphatic rings. The number of benzene rings is 4. The van der Waals surface area contributed by atoms with E-state index in [1.165, 1.54) is 17.0 Å². The van der Waals surface area contributed by atoms with Crippen LogP contribution in [-0.2, 0) is 39.0 Å². The second-order valence-electron chi connectivity index (χ2n) is 10.9. The Morgan fingerprint density at radius 1 is 0.795 bits per heavy atom. The van der Waals surface area contributed by atoms with Crippen LogP contribution in [0.4, 0.5) is 5.69 Å². The van der Waals surface area contributed by atoms with Gasteiger partial charge in [0.2, 0.25) is 11.8 Å². The Balaban J connectivity index is 1.80. The molecule has 0 saturated carbocycles. The standard InChI is InChI=1S/C35H38ClN3O4S/c1-4-27-18-20-31(21-19-27)39(44(42,43)32-16-9-6-10-17-32)25-34(40)38(24-29-14-11-15-30(36)22-29)33(35(41)37-26(2)3)23-28-12-7-5-8-13-28/h5-22,26,33H,4,23-25H2,1-3H3,(H,37,41)/t33-/m0/s1. The molecule has 230 valence electrons. The fraction of sp³-hybridized carbons (Fsp3) is 0.257. The average Bonchev–Trinajstić information content (AvgIpc) is 3.02. The van der Waals surface area contributed by atoms with E-state index in [4.69, 9.17) is 11.6 Å². The number of anilines is 1. The Labute approximate surface area is 265 Å². The molecule has 0 aliphatic carbocycles. The number of rotatable bonds is 13. The predicted molar refractivity (Wildman–Crippen MR) is 176 cm³/mol. The van der Waals surface area contributed by atoms with E-state index in [1.54, 1.807) is 48.5 Å². The summed E-state index contributed by atoms with van der Waals surface area (Å²) < 4.78 is 29.2. The maximum absolute atomic E-state index is 14.4. The third kappa shape index (κ3) is 8.49. The number of halogens is 1. The molecule has 4 rings (SSSR count). The lowest BCUT2D eigenvalue weighted by molar-refractivity contribution is -0.140. The molecule has 0 saturated heterocycles. The number of hydrogen-bond acceptors (Lipinski definition) is 4. The van der Waals surface area contributed by atoms with E-state index in [-0.39, 0.29) is 29.8 Å². The molecule has 7 nitrogen and oxygen atoms in total. The molecule has 4 aromatic carbocycles. The highest BCUT2D eigenvalue weighted by atomic mass is 35.5. The summed E-state index contributed by atoms with van der Waals surface area (Å²) in [4.78, 5) is 29.7. The van der Waals surface area contributed by atoms with Gasteiger partial charge in [-0.05, 0) is 73.4 Å². The molecule has 0 bridgehead atoms. The first kappa shape index (κ1) is 32.8. The van der Waals surface area contributed by atoms with Gasteiger partial charge in [0.1, 0.15) is 12.6 Å². The lowest BCUT2D eigenvalue weighted by atomic mass is 10.0. The van der Waals surface area contributed by atoms with Crippen LogP contribution < -0.4 is 9.62 Å². The minimum absolute atomic E-state index is 0.0520. The molecule has 0 spiro atoms. The van der Waals surface area contributed by atoms with Crippen molar-refractivity contribution in [3.05, 3.63) is 131 Å². The summed E-state index contributed by atoms with van der Waals surface area (Å²) in [6.45, 7) is 5.27. The molecule has 1 atom stereocenters. The molecule has 44 heavy (non-hydrogen) atoms. The van der Waals surface area contributed by atoms with Crippen molar-refractivity contribution < 1.29 is 18.0 Å². The molecule has 0 unspecified atom stereocenters. The van der Waals surface area contributed by atoms with E-state index in [9.17, 15) is 18.0 Å². The summed E-state index contributed by atoms with van der Waals surface area (Å²) >= 11 is 6.30. The molecule has 2 amide bonds. The minimum atomic E-state index is -4.14. The van der Waals surface area contributed by atoms with Crippen LogP contribution in [-0.4, -0.2) is 43.8 Å².